The zero-order valence-corrected chi connectivity index (χ0v) is 9.72. The van der Waals surface area contributed by atoms with Gasteiger partial charge in [-0.2, -0.15) is 0 Å². The van der Waals surface area contributed by atoms with Crippen molar-refractivity contribution < 1.29 is 0 Å². The molecular weight excluding hydrogens is 188 g/mol. The van der Waals surface area contributed by atoms with Crippen LogP contribution in [-0.2, 0) is 7.05 Å². The van der Waals surface area contributed by atoms with E-state index >= 15 is 0 Å². The van der Waals surface area contributed by atoms with Gasteiger partial charge in [0.15, 0.2) is 0 Å². The molecule has 1 saturated heterocycles. The van der Waals surface area contributed by atoms with Crippen molar-refractivity contribution in [2.75, 3.05) is 6.54 Å². The van der Waals surface area contributed by atoms with Crippen LogP contribution in [0.15, 0.2) is 12.5 Å². The van der Waals surface area contributed by atoms with E-state index in [-0.39, 0.29) is 6.04 Å². The molecule has 0 spiro atoms. The summed E-state index contributed by atoms with van der Waals surface area (Å²) in [5, 5.41) is 0. The fourth-order valence-corrected chi connectivity index (χ4v) is 2.46. The van der Waals surface area contributed by atoms with Gasteiger partial charge in [-0.25, -0.2) is 4.98 Å². The third kappa shape index (κ3) is 1.79. The molecule has 0 radical (unpaired) electrons. The van der Waals surface area contributed by atoms with Crippen LogP contribution in [0, 0.1) is 0 Å². The van der Waals surface area contributed by atoms with Crippen LogP contribution in [0.1, 0.15) is 32.0 Å². The Balaban J connectivity index is 2.29. The molecule has 1 aliphatic heterocycles. The van der Waals surface area contributed by atoms with E-state index in [0.717, 1.165) is 13.0 Å². The predicted octanol–water partition coefficient (Wildman–Crippen LogP) is 0.903. The van der Waals surface area contributed by atoms with Gasteiger partial charge >= 0.3 is 0 Å². The average molecular weight is 208 g/mol. The molecule has 0 aliphatic carbocycles. The van der Waals surface area contributed by atoms with Crippen molar-refractivity contribution in [2.45, 2.75) is 38.4 Å². The van der Waals surface area contributed by atoms with Crippen molar-refractivity contribution in [1.29, 1.82) is 0 Å². The molecule has 4 nitrogen and oxygen atoms in total. The van der Waals surface area contributed by atoms with Crippen LogP contribution in [-0.4, -0.2) is 33.1 Å². The van der Waals surface area contributed by atoms with Crippen molar-refractivity contribution in [3.05, 3.63) is 18.2 Å². The van der Waals surface area contributed by atoms with E-state index < -0.39 is 0 Å². The van der Waals surface area contributed by atoms with Crippen LogP contribution >= 0.6 is 0 Å². The Labute approximate surface area is 91.1 Å². The van der Waals surface area contributed by atoms with Gasteiger partial charge in [0.25, 0.3) is 0 Å². The lowest BCUT2D eigenvalue weighted by Crippen LogP contribution is -2.36. The zero-order chi connectivity index (χ0) is 11.0. The number of hydrogen-bond acceptors (Lipinski definition) is 3. The van der Waals surface area contributed by atoms with Crippen LogP contribution in [0.4, 0.5) is 0 Å². The van der Waals surface area contributed by atoms with Gasteiger partial charge in [-0.05, 0) is 20.3 Å². The topological polar surface area (TPSA) is 47.1 Å². The Kier molecular flexibility index (Phi) is 2.80. The molecule has 2 heterocycles. The Morgan fingerprint density at radius 2 is 2.27 bits per heavy atom. The van der Waals surface area contributed by atoms with Gasteiger partial charge < -0.3 is 10.3 Å². The second-order valence-corrected chi connectivity index (χ2v) is 4.66. The first-order chi connectivity index (χ1) is 7.11. The normalized spacial score (nSPS) is 27.8. The number of aromatic nitrogens is 2. The molecule has 1 aliphatic rings. The summed E-state index contributed by atoms with van der Waals surface area (Å²) in [6, 6.07) is 1.11. The second kappa shape index (κ2) is 3.94. The highest BCUT2D eigenvalue weighted by Crippen LogP contribution is 2.32. The summed E-state index contributed by atoms with van der Waals surface area (Å²) in [5.74, 6) is 0. The summed E-state index contributed by atoms with van der Waals surface area (Å²) in [4.78, 5) is 6.64. The Morgan fingerprint density at radius 1 is 1.53 bits per heavy atom. The first-order valence-electron chi connectivity index (χ1n) is 5.59. The first-order valence-corrected chi connectivity index (χ1v) is 5.59. The summed E-state index contributed by atoms with van der Waals surface area (Å²) in [6.07, 6.45) is 4.86. The molecule has 2 N–H and O–H groups in total. The summed E-state index contributed by atoms with van der Waals surface area (Å²) in [5.41, 5.74) is 7.41. The van der Waals surface area contributed by atoms with Crippen LogP contribution in [0.25, 0.3) is 0 Å². The maximum atomic E-state index is 6.18. The Bertz CT molecular complexity index is 331. The van der Waals surface area contributed by atoms with Gasteiger partial charge in [-0.1, -0.05) is 0 Å². The van der Waals surface area contributed by atoms with Crippen LogP contribution in [0.5, 0.6) is 0 Å². The molecule has 2 atom stereocenters. The molecule has 0 bridgehead atoms. The monoisotopic (exact) mass is 208 g/mol. The number of nitrogens with zero attached hydrogens (tertiary/aromatic N) is 3. The molecule has 1 aromatic rings. The number of imidazole rings is 1. The fourth-order valence-electron chi connectivity index (χ4n) is 2.46. The van der Waals surface area contributed by atoms with Crippen molar-refractivity contribution in [3.8, 4) is 0 Å². The molecule has 1 fully saturated rings. The minimum atomic E-state index is 0.239. The maximum Gasteiger partial charge on any atom is 0.0946 e. The molecule has 0 saturated carbocycles. The summed E-state index contributed by atoms with van der Waals surface area (Å²) >= 11 is 0. The highest BCUT2D eigenvalue weighted by molar-refractivity contribution is 5.11. The second-order valence-electron chi connectivity index (χ2n) is 4.66. The summed E-state index contributed by atoms with van der Waals surface area (Å²) < 4.78 is 2.07. The largest absolute Gasteiger partial charge is 0.336 e. The van der Waals surface area contributed by atoms with E-state index in [4.69, 9.17) is 5.73 Å². The number of nitrogens with two attached hydrogens (primary N) is 1. The van der Waals surface area contributed by atoms with E-state index in [0.29, 0.717) is 12.1 Å². The van der Waals surface area contributed by atoms with Gasteiger partial charge in [0.1, 0.15) is 0 Å². The van der Waals surface area contributed by atoms with E-state index in [9.17, 15) is 0 Å². The maximum absolute atomic E-state index is 6.18. The minimum Gasteiger partial charge on any atom is -0.336 e. The van der Waals surface area contributed by atoms with Crippen LogP contribution in [0.3, 0.4) is 0 Å². The molecule has 0 amide bonds. The summed E-state index contributed by atoms with van der Waals surface area (Å²) in [6.45, 7) is 5.54. The molecule has 0 aromatic carbocycles. The lowest BCUT2D eigenvalue weighted by Gasteiger charge is -2.30. The molecular formula is C11H20N4. The highest BCUT2D eigenvalue weighted by Gasteiger charge is 2.35. The molecule has 15 heavy (non-hydrogen) atoms. The van der Waals surface area contributed by atoms with Crippen LogP contribution < -0.4 is 5.73 Å². The van der Waals surface area contributed by atoms with E-state index in [1.165, 1.54) is 5.69 Å². The van der Waals surface area contributed by atoms with Gasteiger partial charge in [-0.15, -0.1) is 0 Å². The number of hydrogen-bond donors (Lipinski definition) is 1. The van der Waals surface area contributed by atoms with E-state index in [1.54, 1.807) is 0 Å². The van der Waals surface area contributed by atoms with E-state index in [2.05, 4.69) is 28.3 Å². The molecule has 2 unspecified atom stereocenters. The molecule has 2 rings (SSSR count). The van der Waals surface area contributed by atoms with Crippen LogP contribution in [0.2, 0.25) is 0 Å². The molecule has 1 aromatic heterocycles. The average Bonchev–Trinajstić information content (AvgIpc) is 2.71. The lowest BCUT2D eigenvalue weighted by atomic mass is 10.1. The third-order valence-corrected chi connectivity index (χ3v) is 3.30. The summed E-state index contributed by atoms with van der Waals surface area (Å²) in [7, 11) is 2.03. The SMILES string of the molecule is CC(C)N1CCC(N)C1c1cncn1C. The van der Waals surface area contributed by atoms with Crippen molar-refractivity contribution in [3.63, 3.8) is 0 Å². The minimum absolute atomic E-state index is 0.239. The Morgan fingerprint density at radius 3 is 2.80 bits per heavy atom. The van der Waals surface area contributed by atoms with E-state index in [1.807, 2.05) is 19.6 Å². The molecule has 4 heteroatoms. The molecule has 84 valence electrons. The first kappa shape index (κ1) is 10.6. The van der Waals surface area contributed by atoms with Gasteiger partial charge in [0.05, 0.1) is 18.1 Å². The standard InChI is InChI=1S/C11H20N4/c1-8(2)15-5-4-9(12)11(15)10-6-13-7-14(10)3/h6-9,11H,4-5,12H2,1-3H3. The van der Waals surface area contributed by atoms with Crippen molar-refractivity contribution in [2.24, 2.45) is 12.8 Å². The van der Waals surface area contributed by atoms with Crippen molar-refractivity contribution >= 4 is 0 Å². The quantitative estimate of drug-likeness (QED) is 0.785. The number of likely N-dealkylation sites (tertiary alicyclic amines) is 1. The third-order valence-electron chi connectivity index (χ3n) is 3.30. The van der Waals surface area contributed by atoms with Gasteiger partial charge in [0, 0.05) is 31.9 Å². The zero-order valence-electron chi connectivity index (χ0n) is 9.72. The van der Waals surface area contributed by atoms with Gasteiger partial charge in [0.2, 0.25) is 0 Å². The smallest absolute Gasteiger partial charge is 0.0946 e. The lowest BCUT2D eigenvalue weighted by molar-refractivity contribution is 0.192. The van der Waals surface area contributed by atoms with Gasteiger partial charge in [-0.3, -0.25) is 4.90 Å². The predicted molar refractivity (Wildman–Crippen MR) is 60.4 cm³/mol. The Hall–Kier alpha value is -0.870. The van der Waals surface area contributed by atoms with Crippen molar-refractivity contribution in [1.82, 2.24) is 14.5 Å². The number of aryl methyl sites for hydroxylation is 1. The highest BCUT2D eigenvalue weighted by atomic mass is 15.2. The fraction of sp³-hybridized carbons (Fsp3) is 0.727. The number of rotatable bonds is 2.